The molecule has 6 heteroatoms. The van der Waals surface area contributed by atoms with E-state index in [9.17, 15) is 4.79 Å². The Labute approximate surface area is 131 Å². The second-order valence-corrected chi connectivity index (χ2v) is 6.31. The van der Waals surface area contributed by atoms with Crippen LogP contribution in [-0.2, 0) is 20.7 Å². The third kappa shape index (κ3) is 4.81. The number of aryl methyl sites for hydroxylation is 2. The van der Waals surface area contributed by atoms with E-state index in [2.05, 4.69) is 23.9 Å². The normalized spacial score (nSPS) is 19.6. The molecule has 0 spiro atoms. The maximum atomic E-state index is 12.0. The fraction of sp³-hybridized carbons (Fsp3) is 0.750. The van der Waals surface area contributed by atoms with Gasteiger partial charge in [-0.3, -0.25) is 9.69 Å². The van der Waals surface area contributed by atoms with E-state index in [1.807, 2.05) is 6.92 Å². The maximum absolute atomic E-state index is 12.0. The highest BCUT2D eigenvalue weighted by atomic mass is 16.6. The Hall–Kier alpha value is -1.40. The molecule has 22 heavy (non-hydrogen) atoms. The zero-order valence-corrected chi connectivity index (χ0v) is 13.9. The second kappa shape index (κ2) is 7.74. The molecule has 1 atom stereocenters. The van der Waals surface area contributed by atoms with E-state index in [1.165, 1.54) is 0 Å². The first-order valence-electron chi connectivity index (χ1n) is 7.87. The van der Waals surface area contributed by atoms with Gasteiger partial charge < -0.3 is 14.0 Å². The Morgan fingerprint density at radius 2 is 2.23 bits per heavy atom. The first kappa shape index (κ1) is 17.0. The molecule has 2 heterocycles. The summed E-state index contributed by atoms with van der Waals surface area (Å²) >= 11 is 0. The molecule has 0 bridgehead atoms. The minimum atomic E-state index is -0.265. The van der Waals surface area contributed by atoms with Crippen LogP contribution in [0.25, 0.3) is 0 Å². The molecule has 1 aromatic heterocycles. The first-order chi connectivity index (χ1) is 10.5. The molecule has 1 unspecified atom stereocenters. The fourth-order valence-electron chi connectivity index (χ4n) is 2.70. The number of aromatic nitrogens is 1. The fourth-order valence-corrected chi connectivity index (χ4v) is 2.70. The largest absolute Gasteiger partial charge is 0.463 e. The summed E-state index contributed by atoms with van der Waals surface area (Å²) < 4.78 is 16.1. The summed E-state index contributed by atoms with van der Waals surface area (Å²) in [6.45, 7) is 11.8. The SMILES string of the molecule is Cc1noc(C)c1CC(=O)OCC1CN(CC(C)C)CCO1. The van der Waals surface area contributed by atoms with Gasteiger partial charge in [0.1, 0.15) is 18.5 Å². The molecular weight excluding hydrogens is 284 g/mol. The van der Waals surface area contributed by atoms with E-state index in [1.54, 1.807) is 6.92 Å². The maximum Gasteiger partial charge on any atom is 0.310 e. The Morgan fingerprint density at radius 1 is 1.45 bits per heavy atom. The smallest absolute Gasteiger partial charge is 0.310 e. The molecule has 1 saturated heterocycles. The molecule has 1 aliphatic heterocycles. The molecule has 1 fully saturated rings. The van der Waals surface area contributed by atoms with Crippen molar-refractivity contribution in [1.82, 2.24) is 10.1 Å². The van der Waals surface area contributed by atoms with Crippen molar-refractivity contribution in [1.29, 1.82) is 0 Å². The van der Waals surface area contributed by atoms with Crippen LogP contribution in [0.15, 0.2) is 4.52 Å². The van der Waals surface area contributed by atoms with Crippen molar-refractivity contribution < 1.29 is 18.8 Å². The number of carbonyl (C=O) groups is 1. The van der Waals surface area contributed by atoms with Gasteiger partial charge in [0.25, 0.3) is 0 Å². The molecule has 6 nitrogen and oxygen atoms in total. The summed E-state index contributed by atoms with van der Waals surface area (Å²) in [6.07, 6.45) is 0.157. The quantitative estimate of drug-likeness (QED) is 0.746. The van der Waals surface area contributed by atoms with Gasteiger partial charge in [0, 0.05) is 25.2 Å². The van der Waals surface area contributed by atoms with Gasteiger partial charge in [0.05, 0.1) is 18.7 Å². The van der Waals surface area contributed by atoms with Crippen LogP contribution < -0.4 is 0 Å². The molecule has 1 aromatic rings. The standard InChI is InChI=1S/C16H26N2O4/c1-11(2)8-18-5-6-20-14(9-18)10-21-16(19)7-15-12(3)17-22-13(15)4/h11,14H,5-10H2,1-4H3. The van der Waals surface area contributed by atoms with Gasteiger partial charge in [-0.15, -0.1) is 0 Å². The topological polar surface area (TPSA) is 64.8 Å². The number of morpholine rings is 1. The van der Waals surface area contributed by atoms with Gasteiger partial charge in [-0.25, -0.2) is 0 Å². The first-order valence-corrected chi connectivity index (χ1v) is 7.87. The Morgan fingerprint density at radius 3 is 2.86 bits per heavy atom. The number of esters is 1. The number of hydrogen-bond donors (Lipinski definition) is 0. The van der Waals surface area contributed by atoms with E-state index >= 15 is 0 Å². The Balaban J connectivity index is 1.76. The third-order valence-electron chi connectivity index (χ3n) is 3.78. The van der Waals surface area contributed by atoms with Crippen molar-refractivity contribution in [3.63, 3.8) is 0 Å². The number of hydrogen-bond acceptors (Lipinski definition) is 6. The van der Waals surface area contributed by atoms with Crippen LogP contribution in [-0.4, -0.2) is 55.0 Å². The summed E-state index contributed by atoms with van der Waals surface area (Å²) in [4.78, 5) is 14.3. The van der Waals surface area contributed by atoms with Crippen LogP contribution in [0.1, 0.15) is 30.9 Å². The lowest BCUT2D eigenvalue weighted by Gasteiger charge is -2.33. The summed E-state index contributed by atoms with van der Waals surface area (Å²) in [6, 6.07) is 0. The monoisotopic (exact) mass is 310 g/mol. The minimum Gasteiger partial charge on any atom is -0.463 e. The van der Waals surface area contributed by atoms with Gasteiger partial charge in [0.15, 0.2) is 0 Å². The van der Waals surface area contributed by atoms with Crippen LogP contribution in [0.2, 0.25) is 0 Å². The van der Waals surface area contributed by atoms with Crippen LogP contribution in [0, 0.1) is 19.8 Å². The van der Waals surface area contributed by atoms with Gasteiger partial charge >= 0.3 is 5.97 Å². The zero-order valence-electron chi connectivity index (χ0n) is 13.9. The van der Waals surface area contributed by atoms with Crippen molar-refractivity contribution in [3.05, 3.63) is 17.0 Å². The number of carbonyl (C=O) groups excluding carboxylic acids is 1. The van der Waals surface area contributed by atoms with E-state index in [0.717, 1.165) is 30.9 Å². The molecule has 0 saturated carbocycles. The third-order valence-corrected chi connectivity index (χ3v) is 3.78. The lowest BCUT2D eigenvalue weighted by atomic mass is 10.1. The highest BCUT2D eigenvalue weighted by molar-refractivity contribution is 5.73. The molecular formula is C16H26N2O4. The van der Waals surface area contributed by atoms with Crippen molar-refractivity contribution >= 4 is 5.97 Å². The van der Waals surface area contributed by atoms with Crippen molar-refractivity contribution in [2.45, 2.75) is 40.2 Å². The molecule has 2 rings (SSSR count). The highest BCUT2D eigenvalue weighted by Gasteiger charge is 2.23. The van der Waals surface area contributed by atoms with Gasteiger partial charge in [-0.05, 0) is 19.8 Å². The van der Waals surface area contributed by atoms with Crippen LogP contribution in [0.4, 0.5) is 0 Å². The molecule has 124 valence electrons. The van der Waals surface area contributed by atoms with E-state index < -0.39 is 0 Å². The molecule has 0 amide bonds. The number of rotatable bonds is 6. The zero-order chi connectivity index (χ0) is 16.1. The lowest BCUT2D eigenvalue weighted by Crippen LogP contribution is -2.45. The number of ether oxygens (including phenoxy) is 2. The Bertz CT molecular complexity index is 479. The van der Waals surface area contributed by atoms with Crippen LogP contribution >= 0.6 is 0 Å². The van der Waals surface area contributed by atoms with Gasteiger partial charge in [-0.1, -0.05) is 19.0 Å². The minimum absolute atomic E-state index is 0.0406. The summed E-state index contributed by atoms with van der Waals surface area (Å²) in [5.41, 5.74) is 1.56. The average molecular weight is 310 g/mol. The molecule has 0 aliphatic carbocycles. The average Bonchev–Trinajstić information content (AvgIpc) is 2.77. The second-order valence-electron chi connectivity index (χ2n) is 6.31. The van der Waals surface area contributed by atoms with E-state index in [-0.39, 0.29) is 18.5 Å². The van der Waals surface area contributed by atoms with Crippen LogP contribution in [0.5, 0.6) is 0 Å². The molecule has 0 N–H and O–H groups in total. The predicted molar refractivity (Wildman–Crippen MR) is 81.7 cm³/mol. The van der Waals surface area contributed by atoms with Crippen LogP contribution in [0.3, 0.4) is 0 Å². The number of nitrogens with zero attached hydrogens (tertiary/aromatic N) is 2. The van der Waals surface area contributed by atoms with E-state index in [4.69, 9.17) is 14.0 Å². The van der Waals surface area contributed by atoms with Crippen molar-refractivity contribution in [3.8, 4) is 0 Å². The summed E-state index contributed by atoms with van der Waals surface area (Å²) in [5, 5.41) is 3.84. The van der Waals surface area contributed by atoms with Crippen molar-refractivity contribution in [2.24, 2.45) is 5.92 Å². The predicted octanol–water partition coefficient (Wildman–Crippen LogP) is 1.73. The van der Waals surface area contributed by atoms with Gasteiger partial charge in [0.2, 0.25) is 0 Å². The van der Waals surface area contributed by atoms with E-state index in [0.29, 0.717) is 24.9 Å². The molecule has 0 radical (unpaired) electrons. The molecule has 0 aromatic carbocycles. The van der Waals surface area contributed by atoms with Crippen molar-refractivity contribution in [2.75, 3.05) is 32.8 Å². The lowest BCUT2D eigenvalue weighted by molar-refractivity contribution is -0.149. The molecule has 1 aliphatic rings. The van der Waals surface area contributed by atoms with Gasteiger partial charge in [-0.2, -0.15) is 0 Å². The Kier molecular flexibility index (Phi) is 5.97. The highest BCUT2D eigenvalue weighted by Crippen LogP contribution is 2.14. The summed E-state index contributed by atoms with van der Waals surface area (Å²) in [7, 11) is 0. The summed E-state index contributed by atoms with van der Waals surface area (Å²) in [5.74, 6) is 1.03.